The molecule has 1 aliphatic carbocycles. The van der Waals surface area contributed by atoms with E-state index in [9.17, 15) is 0 Å². The van der Waals surface area contributed by atoms with Crippen LogP contribution in [0.3, 0.4) is 0 Å². The summed E-state index contributed by atoms with van der Waals surface area (Å²) in [5.41, 5.74) is 1.41. The second-order valence-electron chi connectivity index (χ2n) is 5.05. The van der Waals surface area contributed by atoms with Gasteiger partial charge in [-0.3, -0.25) is 0 Å². The van der Waals surface area contributed by atoms with Crippen LogP contribution >= 0.6 is 0 Å². The van der Waals surface area contributed by atoms with E-state index in [2.05, 4.69) is 38.1 Å². The molecular formula is C15H22O. The van der Waals surface area contributed by atoms with E-state index in [4.69, 9.17) is 4.74 Å². The number of hydrogen-bond acceptors (Lipinski definition) is 1. The first-order valence-electron chi connectivity index (χ1n) is 6.53. The van der Waals surface area contributed by atoms with E-state index in [0.29, 0.717) is 6.10 Å². The van der Waals surface area contributed by atoms with Crippen molar-refractivity contribution >= 4 is 0 Å². The first-order chi connectivity index (χ1) is 7.78. The van der Waals surface area contributed by atoms with Crippen LogP contribution in [0.2, 0.25) is 0 Å². The van der Waals surface area contributed by atoms with Gasteiger partial charge in [0, 0.05) is 0 Å². The fraction of sp³-hybridized carbons (Fsp3) is 0.600. The molecule has 1 nitrogen and oxygen atoms in total. The van der Waals surface area contributed by atoms with Crippen molar-refractivity contribution in [2.45, 2.75) is 52.1 Å². The summed E-state index contributed by atoms with van der Waals surface area (Å²) >= 11 is 0. The Hall–Kier alpha value is -0.980. The molecule has 0 radical (unpaired) electrons. The van der Waals surface area contributed by atoms with Crippen molar-refractivity contribution in [3.63, 3.8) is 0 Å². The Kier molecular flexibility index (Phi) is 3.87. The van der Waals surface area contributed by atoms with Gasteiger partial charge >= 0.3 is 0 Å². The molecule has 1 aliphatic rings. The molecule has 0 unspecified atom stereocenters. The molecule has 1 aromatic rings. The minimum atomic E-state index is 0.451. The van der Waals surface area contributed by atoms with Gasteiger partial charge < -0.3 is 4.74 Å². The predicted molar refractivity (Wildman–Crippen MR) is 67.9 cm³/mol. The van der Waals surface area contributed by atoms with E-state index in [1.54, 1.807) is 0 Å². The van der Waals surface area contributed by atoms with Crippen molar-refractivity contribution in [2.24, 2.45) is 5.92 Å². The van der Waals surface area contributed by atoms with Crippen molar-refractivity contribution < 1.29 is 4.74 Å². The maximum atomic E-state index is 5.98. The first kappa shape index (κ1) is 11.5. The quantitative estimate of drug-likeness (QED) is 0.735. The number of hydrogen-bond donors (Lipinski definition) is 0. The van der Waals surface area contributed by atoms with E-state index in [-0.39, 0.29) is 0 Å². The molecule has 0 N–H and O–H groups in total. The van der Waals surface area contributed by atoms with Crippen LogP contribution in [-0.4, -0.2) is 6.10 Å². The van der Waals surface area contributed by atoms with Gasteiger partial charge in [-0.15, -0.1) is 0 Å². The van der Waals surface area contributed by atoms with Crippen LogP contribution in [0.15, 0.2) is 24.3 Å². The van der Waals surface area contributed by atoms with Gasteiger partial charge in [0.05, 0.1) is 6.10 Å². The maximum absolute atomic E-state index is 5.98. The Morgan fingerprint density at radius 3 is 2.50 bits per heavy atom. The summed E-state index contributed by atoms with van der Waals surface area (Å²) in [6.07, 6.45) is 6.58. The fourth-order valence-corrected chi connectivity index (χ4v) is 2.48. The van der Waals surface area contributed by atoms with Crippen molar-refractivity contribution in [1.82, 2.24) is 0 Å². The largest absolute Gasteiger partial charge is 0.490 e. The summed E-state index contributed by atoms with van der Waals surface area (Å²) in [6, 6.07) is 8.62. The summed E-state index contributed by atoms with van der Waals surface area (Å²) in [6.45, 7) is 4.53. The van der Waals surface area contributed by atoms with Gasteiger partial charge in [0.2, 0.25) is 0 Å². The van der Waals surface area contributed by atoms with Crippen molar-refractivity contribution in [2.75, 3.05) is 0 Å². The van der Waals surface area contributed by atoms with Gasteiger partial charge in [0.15, 0.2) is 0 Å². The zero-order valence-electron chi connectivity index (χ0n) is 10.4. The average Bonchev–Trinajstić information content (AvgIpc) is 2.67. The Morgan fingerprint density at radius 2 is 1.94 bits per heavy atom. The molecule has 0 bridgehead atoms. The van der Waals surface area contributed by atoms with E-state index >= 15 is 0 Å². The van der Waals surface area contributed by atoms with Crippen LogP contribution in [0.1, 0.15) is 45.1 Å². The topological polar surface area (TPSA) is 9.23 Å². The highest BCUT2D eigenvalue weighted by Gasteiger charge is 2.22. The SMILES string of the molecule is CCCc1ccc(O[C@@H]2CC[C@@H](C)C2)cc1. The van der Waals surface area contributed by atoms with Crippen LogP contribution < -0.4 is 4.74 Å². The Balaban J connectivity index is 1.89. The number of ether oxygens (including phenoxy) is 1. The number of rotatable bonds is 4. The predicted octanol–water partition coefficient (Wildman–Crippen LogP) is 4.21. The highest BCUT2D eigenvalue weighted by molar-refractivity contribution is 5.27. The monoisotopic (exact) mass is 218 g/mol. The molecule has 1 heteroatoms. The lowest BCUT2D eigenvalue weighted by Gasteiger charge is -2.13. The van der Waals surface area contributed by atoms with E-state index in [1.165, 1.54) is 37.7 Å². The van der Waals surface area contributed by atoms with Gasteiger partial charge in [-0.25, -0.2) is 0 Å². The van der Waals surface area contributed by atoms with Gasteiger partial charge in [-0.2, -0.15) is 0 Å². The smallest absolute Gasteiger partial charge is 0.119 e. The standard InChI is InChI=1S/C15H22O/c1-3-4-13-6-9-14(10-7-13)16-15-8-5-12(2)11-15/h6-7,9-10,12,15H,3-5,8,11H2,1-2H3/t12-,15-/m1/s1. The second-order valence-corrected chi connectivity index (χ2v) is 5.05. The molecule has 1 aromatic carbocycles. The normalized spacial score (nSPS) is 24.6. The summed E-state index contributed by atoms with van der Waals surface area (Å²) in [5.74, 6) is 1.88. The molecule has 2 rings (SSSR count). The van der Waals surface area contributed by atoms with E-state index < -0.39 is 0 Å². The molecule has 0 spiro atoms. The van der Waals surface area contributed by atoms with E-state index in [0.717, 1.165) is 11.7 Å². The van der Waals surface area contributed by atoms with Crippen LogP contribution in [0.4, 0.5) is 0 Å². The molecule has 0 aromatic heterocycles. The summed E-state index contributed by atoms with van der Waals surface area (Å²) in [5, 5.41) is 0. The second kappa shape index (κ2) is 5.38. The number of aryl methyl sites for hydroxylation is 1. The molecule has 16 heavy (non-hydrogen) atoms. The Bertz CT molecular complexity index is 315. The summed E-state index contributed by atoms with van der Waals surface area (Å²) < 4.78 is 5.98. The zero-order chi connectivity index (χ0) is 11.4. The van der Waals surface area contributed by atoms with Crippen molar-refractivity contribution in [3.8, 4) is 5.75 Å². The molecule has 88 valence electrons. The summed E-state index contributed by atoms with van der Waals surface area (Å²) in [7, 11) is 0. The molecule has 0 aliphatic heterocycles. The zero-order valence-corrected chi connectivity index (χ0v) is 10.4. The van der Waals surface area contributed by atoms with E-state index in [1.807, 2.05) is 0 Å². The molecule has 2 atom stereocenters. The van der Waals surface area contributed by atoms with Crippen LogP contribution in [-0.2, 0) is 6.42 Å². The molecule has 1 fully saturated rings. The highest BCUT2D eigenvalue weighted by Crippen LogP contribution is 2.28. The highest BCUT2D eigenvalue weighted by atomic mass is 16.5. The third-order valence-electron chi connectivity index (χ3n) is 3.41. The molecule has 0 saturated heterocycles. The van der Waals surface area contributed by atoms with Crippen molar-refractivity contribution in [1.29, 1.82) is 0 Å². The van der Waals surface area contributed by atoms with Crippen LogP contribution in [0.5, 0.6) is 5.75 Å². The lowest BCUT2D eigenvalue weighted by atomic mass is 10.1. The molecule has 1 saturated carbocycles. The third kappa shape index (κ3) is 3.01. The van der Waals surface area contributed by atoms with Gasteiger partial charge in [0.1, 0.15) is 5.75 Å². The third-order valence-corrected chi connectivity index (χ3v) is 3.41. The number of benzene rings is 1. The Labute approximate surface area is 98.8 Å². The molecular weight excluding hydrogens is 196 g/mol. The van der Waals surface area contributed by atoms with Gasteiger partial charge in [-0.1, -0.05) is 32.4 Å². The maximum Gasteiger partial charge on any atom is 0.119 e. The molecule has 0 amide bonds. The fourth-order valence-electron chi connectivity index (χ4n) is 2.48. The first-order valence-corrected chi connectivity index (χ1v) is 6.53. The van der Waals surface area contributed by atoms with Crippen LogP contribution in [0.25, 0.3) is 0 Å². The average molecular weight is 218 g/mol. The lowest BCUT2D eigenvalue weighted by molar-refractivity contribution is 0.205. The minimum absolute atomic E-state index is 0.451. The minimum Gasteiger partial charge on any atom is -0.490 e. The molecule has 0 heterocycles. The Morgan fingerprint density at radius 1 is 1.19 bits per heavy atom. The van der Waals surface area contributed by atoms with Crippen LogP contribution in [0, 0.1) is 5.92 Å². The lowest BCUT2D eigenvalue weighted by Crippen LogP contribution is -2.11. The van der Waals surface area contributed by atoms with Gasteiger partial charge in [-0.05, 0) is 49.3 Å². The summed E-state index contributed by atoms with van der Waals surface area (Å²) in [4.78, 5) is 0. The van der Waals surface area contributed by atoms with Gasteiger partial charge in [0.25, 0.3) is 0 Å². The van der Waals surface area contributed by atoms with Crippen molar-refractivity contribution in [3.05, 3.63) is 29.8 Å².